The second kappa shape index (κ2) is 13.1. The van der Waals surface area contributed by atoms with Crippen LogP contribution in [0.2, 0.25) is 5.28 Å². The monoisotopic (exact) mass is 838 g/mol. The zero-order valence-electron chi connectivity index (χ0n) is 26.2. The van der Waals surface area contributed by atoms with Gasteiger partial charge in [-0.05, 0) is 54.1 Å². The lowest BCUT2D eigenvalue weighted by atomic mass is 9.82. The molecule has 6 rings (SSSR count). The molecular formula is C29H19ClN6O14S4. The van der Waals surface area contributed by atoms with Gasteiger partial charge in [-0.1, -0.05) is 24.3 Å². The van der Waals surface area contributed by atoms with Crippen LogP contribution in [0, 0.1) is 0 Å². The number of anilines is 5. The van der Waals surface area contributed by atoms with E-state index in [-0.39, 0.29) is 28.1 Å². The summed E-state index contributed by atoms with van der Waals surface area (Å²) in [5, 5.41) is 4.55. The first-order valence-electron chi connectivity index (χ1n) is 14.2. The van der Waals surface area contributed by atoms with Crippen molar-refractivity contribution < 1.29 is 61.5 Å². The Kier molecular flexibility index (Phi) is 9.32. The lowest BCUT2D eigenvalue weighted by molar-refractivity contribution is 0.0980. The van der Waals surface area contributed by atoms with Gasteiger partial charge in [0, 0.05) is 28.1 Å². The van der Waals surface area contributed by atoms with Crippen molar-refractivity contribution in [2.75, 3.05) is 16.4 Å². The van der Waals surface area contributed by atoms with E-state index in [9.17, 15) is 61.5 Å². The maximum Gasteiger partial charge on any atom is 0.296 e. The minimum absolute atomic E-state index is 0.0828. The SMILES string of the molecule is Nc1c(S(=O)(=O)O)cc(Nc2cc(-c3nc(Cl)nc(Nc4ccc(S(=O)(=O)O)c(S(=O)(=O)O)c4)n3)cc(S(=O)(=O)O)c2)c2c1C(=O)c1ccccc1C2=O. The van der Waals surface area contributed by atoms with Crippen LogP contribution in [0.5, 0.6) is 0 Å². The summed E-state index contributed by atoms with van der Waals surface area (Å²) in [7, 11) is -20.5. The van der Waals surface area contributed by atoms with Crippen LogP contribution in [0.25, 0.3) is 11.4 Å². The molecule has 0 atom stereocenters. The number of benzene rings is 4. The van der Waals surface area contributed by atoms with Gasteiger partial charge in [-0.3, -0.25) is 27.8 Å². The lowest BCUT2D eigenvalue weighted by Gasteiger charge is -2.24. The third-order valence-electron chi connectivity index (χ3n) is 7.58. The van der Waals surface area contributed by atoms with Crippen LogP contribution in [0.15, 0.2) is 86.3 Å². The highest BCUT2D eigenvalue weighted by Crippen LogP contribution is 2.41. The number of fused-ring (bicyclic) bond motifs is 2. The minimum atomic E-state index is -5.22. The molecule has 0 fully saturated rings. The van der Waals surface area contributed by atoms with Gasteiger partial charge in [-0.25, -0.2) is 0 Å². The molecule has 25 heteroatoms. The van der Waals surface area contributed by atoms with Gasteiger partial charge < -0.3 is 16.4 Å². The van der Waals surface area contributed by atoms with E-state index in [1.165, 1.54) is 24.3 Å². The molecule has 0 spiro atoms. The number of ketones is 2. The van der Waals surface area contributed by atoms with E-state index in [4.69, 9.17) is 17.3 Å². The maximum absolute atomic E-state index is 13.7. The lowest BCUT2D eigenvalue weighted by Crippen LogP contribution is -2.25. The van der Waals surface area contributed by atoms with Gasteiger partial charge in [0.15, 0.2) is 17.4 Å². The molecule has 1 aliphatic rings. The maximum atomic E-state index is 13.7. The van der Waals surface area contributed by atoms with E-state index >= 15 is 0 Å². The standard InChI is InChI=1S/C29H19ClN6O14S4/c30-28-34-27(35-29(36-28)33-13-5-6-19(52(42,43)44)20(10-13)53(45,46)47)12-7-14(9-15(8-12)51(39,40)41)32-18-11-21(54(48,49)50)24(31)23-22(18)25(37)16-3-1-2-4-17(16)26(23)38/h1-11,32H,31H2,(H,39,40,41)(H,42,43,44)(H,45,46,47)(H,48,49,50)(H,33,34,35,36). The van der Waals surface area contributed by atoms with Crippen LogP contribution in [-0.4, -0.2) is 78.4 Å². The molecule has 0 aliphatic heterocycles. The Labute approximate surface area is 309 Å². The molecule has 1 aliphatic carbocycles. The largest absolute Gasteiger partial charge is 0.397 e. The Morgan fingerprint density at radius 3 is 1.76 bits per heavy atom. The summed E-state index contributed by atoms with van der Waals surface area (Å²) < 4.78 is 135. The smallest absolute Gasteiger partial charge is 0.296 e. The third-order valence-corrected chi connectivity index (χ3v) is 11.4. The van der Waals surface area contributed by atoms with E-state index in [1.807, 2.05) is 0 Å². The quantitative estimate of drug-likeness (QED) is 0.0812. The first-order chi connectivity index (χ1) is 24.9. The number of nitrogens with one attached hydrogen (secondary N) is 2. The number of rotatable bonds is 9. The van der Waals surface area contributed by atoms with Crippen LogP contribution >= 0.6 is 11.6 Å². The van der Waals surface area contributed by atoms with E-state index in [0.717, 1.165) is 30.3 Å². The van der Waals surface area contributed by atoms with E-state index in [1.54, 1.807) is 0 Å². The third kappa shape index (κ3) is 7.36. The van der Waals surface area contributed by atoms with E-state index in [0.29, 0.717) is 12.1 Å². The Balaban J connectivity index is 1.49. The highest BCUT2D eigenvalue weighted by atomic mass is 35.5. The molecule has 20 nitrogen and oxygen atoms in total. The van der Waals surface area contributed by atoms with Crippen LogP contribution < -0.4 is 16.4 Å². The van der Waals surface area contributed by atoms with Crippen LogP contribution in [0.3, 0.4) is 0 Å². The summed E-state index contributed by atoms with van der Waals surface area (Å²) >= 11 is 6.08. The van der Waals surface area contributed by atoms with Crippen molar-refractivity contribution in [3.8, 4) is 11.4 Å². The van der Waals surface area contributed by atoms with Gasteiger partial charge in [0.2, 0.25) is 11.2 Å². The molecule has 0 radical (unpaired) electrons. The normalized spacial score (nSPS) is 13.3. The van der Waals surface area contributed by atoms with Crippen molar-refractivity contribution in [1.82, 2.24) is 15.0 Å². The number of carbonyl (C=O) groups is 2. The number of halogens is 1. The van der Waals surface area contributed by atoms with Crippen LogP contribution in [0.4, 0.5) is 28.7 Å². The summed E-state index contributed by atoms with van der Waals surface area (Å²) in [4.78, 5) is 34.9. The minimum Gasteiger partial charge on any atom is -0.397 e. The summed E-state index contributed by atoms with van der Waals surface area (Å²) in [5.74, 6) is -2.58. The van der Waals surface area contributed by atoms with Crippen molar-refractivity contribution in [3.05, 3.63) is 94.3 Å². The van der Waals surface area contributed by atoms with Gasteiger partial charge in [-0.15, -0.1) is 0 Å². The molecule has 0 bridgehead atoms. The fraction of sp³-hybridized carbons (Fsp3) is 0. The van der Waals surface area contributed by atoms with Crippen molar-refractivity contribution >= 4 is 92.3 Å². The molecule has 0 amide bonds. The van der Waals surface area contributed by atoms with E-state index in [2.05, 4.69) is 25.6 Å². The van der Waals surface area contributed by atoms with Crippen molar-refractivity contribution in [2.45, 2.75) is 19.6 Å². The predicted octanol–water partition coefficient (Wildman–Crippen LogP) is 3.02. The molecule has 1 aromatic heterocycles. The van der Waals surface area contributed by atoms with Gasteiger partial charge in [-0.2, -0.15) is 48.6 Å². The molecule has 1 heterocycles. The molecule has 4 aromatic carbocycles. The Hall–Kier alpha value is -5.44. The van der Waals surface area contributed by atoms with Crippen LogP contribution in [-0.2, 0) is 40.5 Å². The van der Waals surface area contributed by atoms with Crippen molar-refractivity contribution in [1.29, 1.82) is 0 Å². The second-order valence-corrected chi connectivity index (χ2v) is 17.0. The zero-order valence-corrected chi connectivity index (χ0v) is 30.2. The average Bonchev–Trinajstić information content (AvgIpc) is 3.05. The topological polar surface area (TPSA) is 340 Å². The Bertz CT molecular complexity index is 2960. The summed E-state index contributed by atoms with van der Waals surface area (Å²) in [6, 6.07) is 11.3. The van der Waals surface area contributed by atoms with Gasteiger partial charge in [0.1, 0.15) is 14.7 Å². The summed E-state index contributed by atoms with van der Waals surface area (Å²) in [5.41, 5.74) is 2.76. The molecule has 54 heavy (non-hydrogen) atoms. The van der Waals surface area contributed by atoms with Gasteiger partial charge in [0.05, 0.1) is 27.4 Å². The number of hydrogen-bond donors (Lipinski definition) is 7. The number of nitrogen functional groups attached to an aromatic ring is 1. The Morgan fingerprint density at radius 2 is 1.19 bits per heavy atom. The van der Waals surface area contributed by atoms with Gasteiger partial charge >= 0.3 is 0 Å². The number of hydrogen-bond acceptors (Lipinski definition) is 16. The average molecular weight is 839 g/mol. The second-order valence-electron chi connectivity index (χ2n) is 11.1. The van der Waals surface area contributed by atoms with Crippen LogP contribution in [0.1, 0.15) is 31.8 Å². The molecule has 280 valence electrons. The molecule has 0 saturated carbocycles. The number of nitrogens with zero attached hydrogens (tertiary/aromatic N) is 3. The zero-order chi connectivity index (χ0) is 39.7. The molecule has 5 aromatic rings. The highest BCUT2D eigenvalue weighted by molar-refractivity contribution is 7.89. The fourth-order valence-electron chi connectivity index (χ4n) is 5.38. The van der Waals surface area contributed by atoms with Crippen molar-refractivity contribution in [2.24, 2.45) is 0 Å². The number of nitrogens with two attached hydrogens (primary N) is 1. The molecule has 0 unspecified atom stereocenters. The molecule has 0 saturated heterocycles. The molecular weight excluding hydrogens is 820 g/mol. The first kappa shape index (κ1) is 38.3. The highest BCUT2D eigenvalue weighted by Gasteiger charge is 2.36. The number of aromatic nitrogens is 3. The van der Waals surface area contributed by atoms with Gasteiger partial charge in [0.25, 0.3) is 40.5 Å². The fourth-order valence-corrected chi connectivity index (χ4v) is 8.52. The van der Waals surface area contributed by atoms with Crippen molar-refractivity contribution in [3.63, 3.8) is 0 Å². The Morgan fingerprint density at radius 1 is 0.593 bits per heavy atom. The van der Waals surface area contributed by atoms with E-state index < -0.39 is 111 Å². The summed E-state index contributed by atoms with van der Waals surface area (Å²) in [6.45, 7) is 0. The summed E-state index contributed by atoms with van der Waals surface area (Å²) in [6.07, 6.45) is 0. The first-order valence-corrected chi connectivity index (χ1v) is 20.4. The molecule has 8 N–H and O–H groups in total. The number of carbonyl (C=O) groups excluding carboxylic acids is 2. The predicted molar refractivity (Wildman–Crippen MR) is 187 cm³/mol.